The van der Waals surface area contributed by atoms with E-state index in [1.54, 1.807) is 0 Å². The number of carbonyl (C=O) groups is 1. The predicted molar refractivity (Wildman–Crippen MR) is 157 cm³/mol. The van der Waals surface area contributed by atoms with Gasteiger partial charge in [-0.15, -0.1) is 0 Å². The molecule has 0 bridgehead atoms. The number of carbonyl (C=O) groups excluding carboxylic acids is 1. The molecular formula is C35H34F6N2O. The molecule has 1 amide bonds. The molecule has 2 fully saturated rings. The summed E-state index contributed by atoms with van der Waals surface area (Å²) in [5.41, 5.74) is -0.582. The first-order chi connectivity index (χ1) is 20.8. The number of piperidine rings is 1. The Balaban J connectivity index is 1.21. The van der Waals surface area contributed by atoms with Gasteiger partial charge in [0.05, 0.1) is 16.5 Å². The van der Waals surface area contributed by atoms with Crippen molar-refractivity contribution in [1.82, 2.24) is 10.2 Å². The van der Waals surface area contributed by atoms with Crippen LogP contribution in [-0.4, -0.2) is 29.9 Å². The van der Waals surface area contributed by atoms with E-state index in [2.05, 4.69) is 53.6 Å². The zero-order valence-electron chi connectivity index (χ0n) is 24.3. The highest BCUT2D eigenvalue weighted by atomic mass is 19.4. The van der Waals surface area contributed by atoms with Crippen LogP contribution in [0.4, 0.5) is 26.3 Å². The number of likely N-dealkylation sites (tertiary alicyclic amines) is 1. The first-order valence-corrected chi connectivity index (χ1v) is 15.0. The third kappa shape index (κ3) is 5.44. The van der Waals surface area contributed by atoms with Crippen molar-refractivity contribution in [3.63, 3.8) is 0 Å². The maximum Gasteiger partial charge on any atom is 0.416 e. The Morgan fingerprint density at radius 2 is 1.57 bits per heavy atom. The molecule has 0 aromatic heterocycles. The fourth-order valence-electron chi connectivity index (χ4n) is 7.72. The summed E-state index contributed by atoms with van der Waals surface area (Å²) in [5.74, 6) is -0.0354. The predicted octanol–water partition coefficient (Wildman–Crippen LogP) is 8.14. The number of amides is 1. The second-order valence-electron chi connectivity index (χ2n) is 12.5. The van der Waals surface area contributed by atoms with Crippen molar-refractivity contribution in [2.24, 2.45) is 5.92 Å². The smallest absolute Gasteiger partial charge is 0.351 e. The van der Waals surface area contributed by atoms with E-state index in [9.17, 15) is 31.1 Å². The summed E-state index contributed by atoms with van der Waals surface area (Å²) in [7, 11) is 0. The van der Waals surface area contributed by atoms with E-state index in [-0.39, 0.29) is 29.0 Å². The van der Waals surface area contributed by atoms with Crippen LogP contribution in [0.1, 0.15) is 66.0 Å². The molecule has 1 aliphatic heterocycles. The molecule has 1 N–H and O–H groups in total. The Morgan fingerprint density at radius 1 is 0.909 bits per heavy atom. The molecule has 232 valence electrons. The summed E-state index contributed by atoms with van der Waals surface area (Å²) in [6, 6.07) is 19.3. The Hall–Kier alpha value is -3.59. The van der Waals surface area contributed by atoms with E-state index in [0.717, 1.165) is 31.5 Å². The van der Waals surface area contributed by atoms with Crippen molar-refractivity contribution < 1.29 is 31.1 Å². The van der Waals surface area contributed by atoms with E-state index in [1.807, 2.05) is 30.3 Å². The van der Waals surface area contributed by atoms with Crippen LogP contribution in [-0.2, 0) is 34.5 Å². The highest BCUT2D eigenvalue weighted by Gasteiger charge is 2.51. The van der Waals surface area contributed by atoms with Gasteiger partial charge in [0, 0.05) is 24.5 Å². The minimum atomic E-state index is -4.95. The number of hydrogen-bond donors (Lipinski definition) is 1. The van der Waals surface area contributed by atoms with Crippen molar-refractivity contribution >= 4 is 12.0 Å². The molecule has 3 aromatic rings. The van der Waals surface area contributed by atoms with Crippen LogP contribution in [0.5, 0.6) is 0 Å². The topological polar surface area (TPSA) is 32.3 Å². The van der Waals surface area contributed by atoms with Gasteiger partial charge < -0.3 is 5.32 Å². The summed E-state index contributed by atoms with van der Waals surface area (Å²) in [4.78, 5) is 16.4. The van der Waals surface area contributed by atoms with Gasteiger partial charge in [0.25, 0.3) is 0 Å². The molecule has 1 saturated carbocycles. The van der Waals surface area contributed by atoms with Crippen LogP contribution < -0.4 is 5.32 Å². The highest BCUT2D eigenvalue weighted by Crippen LogP contribution is 2.50. The molecule has 3 nitrogen and oxygen atoms in total. The number of hydrogen-bond acceptors (Lipinski definition) is 2. The standard InChI is InChI=1S/C35H34F6N2O/c1-23-22-43(16-15-32(23)13-11-25-7-5-6-10-30(25)32)29-12-14-33(20-29,26-8-3-2-4-9-26)31(44)42-21-24-17-27(34(36,37)38)19-28(18-24)35(39,40)41/h2-11,13,17-19,23,29H,12,14-16,20-22H2,1H3,(H,42,44)/t23-,29?,32-,33?/m0/s1. The van der Waals surface area contributed by atoms with Crippen LogP contribution in [0, 0.1) is 5.92 Å². The molecule has 1 heterocycles. The molecule has 4 atom stereocenters. The lowest BCUT2D eigenvalue weighted by Crippen LogP contribution is -2.51. The molecule has 44 heavy (non-hydrogen) atoms. The van der Waals surface area contributed by atoms with E-state index in [1.165, 1.54) is 11.1 Å². The van der Waals surface area contributed by atoms with Gasteiger partial charge in [-0.25, -0.2) is 0 Å². The van der Waals surface area contributed by atoms with Crippen molar-refractivity contribution in [3.8, 4) is 0 Å². The molecule has 1 saturated heterocycles. The van der Waals surface area contributed by atoms with Crippen LogP contribution >= 0.6 is 0 Å². The zero-order valence-corrected chi connectivity index (χ0v) is 24.3. The molecule has 2 aliphatic carbocycles. The number of rotatable bonds is 5. The van der Waals surface area contributed by atoms with Crippen LogP contribution in [0.3, 0.4) is 0 Å². The number of fused-ring (bicyclic) bond motifs is 2. The van der Waals surface area contributed by atoms with Gasteiger partial charge in [-0.05, 0) is 78.6 Å². The maximum atomic E-state index is 14.0. The van der Waals surface area contributed by atoms with Gasteiger partial charge in [0.1, 0.15) is 0 Å². The minimum Gasteiger partial charge on any atom is -0.351 e. The van der Waals surface area contributed by atoms with Crippen molar-refractivity contribution in [2.45, 2.75) is 68.4 Å². The third-order valence-corrected chi connectivity index (χ3v) is 10.1. The zero-order chi connectivity index (χ0) is 31.3. The van der Waals surface area contributed by atoms with Crippen molar-refractivity contribution in [2.75, 3.05) is 13.1 Å². The van der Waals surface area contributed by atoms with Crippen molar-refractivity contribution in [1.29, 1.82) is 0 Å². The quantitative estimate of drug-likeness (QED) is 0.295. The summed E-state index contributed by atoms with van der Waals surface area (Å²) in [5, 5.41) is 2.72. The first-order valence-electron chi connectivity index (χ1n) is 15.0. The largest absolute Gasteiger partial charge is 0.416 e. The molecular weight excluding hydrogens is 578 g/mol. The van der Waals surface area contributed by atoms with Gasteiger partial charge >= 0.3 is 12.4 Å². The minimum absolute atomic E-state index is 0.0141. The number of nitrogens with zero attached hydrogens (tertiary/aromatic N) is 1. The lowest BCUT2D eigenvalue weighted by atomic mass is 9.67. The maximum absolute atomic E-state index is 14.0. The molecule has 1 spiro atoms. The molecule has 3 aliphatic rings. The average Bonchev–Trinajstić information content (AvgIpc) is 3.61. The number of benzene rings is 3. The lowest BCUT2D eigenvalue weighted by Gasteiger charge is -2.46. The van der Waals surface area contributed by atoms with Gasteiger partial charge in [-0.3, -0.25) is 9.69 Å². The number of alkyl halides is 6. The number of nitrogens with one attached hydrogen (secondary N) is 1. The van der Waals surface area contributed by atoms with E-state index < -0.39 is 35.4 Å². The summed E-state index contributed by atoms with van der Waals surface area (Å²) >= 11 is 0. The number of halogens is 6. The molecule has 0 radical (unpaired) electrons. The van der Waals surface area contributed by atoms with Crippen LogP contribution in [0.15, 0.2) is 78.9 Å². The fourth-order valence-corrected chi connectivity index (χ4v) is 7.72. The SMILES string of the molecule is C[C@H]1CN(C2CCC(C(=O)NCc3cc(C(F)(F)F)cc(C(F)(F)F)c3)(c3ccccc3)C2)CC[C@@]12C=Cc1ccccc12. The summed E-state index contributed by atoms with van der Waals surface area (Å²) < 4.78 is 80.5. The Kier molecular flexibility index (Phi) is 7.67. The fraction of sp³-hybridized carbons (Fsp3) is 0.400. The number of allylic oxidation sites excluding steroid dienone is 1. The van der Waals surface area contributed by atoms with E-state index in [4.69, 9.17) is 0 Å². The molecule has 2 unspecified atom stereocenters. The normalized spacial score (nSPS) is 27.1. The average molecular weight is 613 g/mol. The Labute approximate surface area is 253 Å². The van der Waals surface area contributed by atoms with Gasteiger partial charge in [-0.2, -0.15) is 26.3 Å². The molecule has 9 heteroatoms. The van der Waals surface area contributed by atoms with Crippen molar-refractivity contribution in [3.05, 3.63) is 112 Å². The van der Waals surface area contributed by atoms with Gasteiger partial charge in [0.2, 0.25) is 5.91 Å². The second-order valence-corrected chi connectivity index (χ2v) is 12.5. The van der Waals surface area contributed by atoms with Gasteiger partial charge in [-0.1, -0.05) is 73.7 Å². The summed E-state index contributed by atoms with van der Waals surface area (Å²) in [6.45, 7) is 3.56. The highest BCUT2D eigenvalue weighted by molar-refractivity contribution is 5.88. The molecule has 3 aromatic carbocycles. The first kappa shape index (κ1) is 30.4. The monoisotopic (exact) mass is 612 g/mol. The van der Waals surface area contributed by atoms with E-state index >= 15 is 0 Å². The third-order valence-electron chi connectivity index (χ3n) is 10.1. The van der Waals surface area contributed by atoms with E-state index in [0.29, 0.717) is 30.9 Å². The van der Waals surface area contributed by atoms with Crippen LogP contribution in [0.25, 0.3) is 6.08 Å². The van der Waals surface area contributed by atoms with Crippen LogP contribution in [0.2, 0.25) is 0 Å². The molecule has 6 rings (SSSR count). The van der Waals surface area contributed by atoms with Gasteiger partial charge in [0.15, 0.2) is 0 Å². The summed E-state index contributed by atoms with van der Waals surface area (Å²) in [6.07, 6.45) is -2.59. The second kappa shape index (κ2) is 11.1. The Bertz CT molecular complexity index is 1530. The lowest BCUT2D eigenvalue weighted by molar-refractivity contribution is -0.143. The Morgan fingerprint density at radius 3 is 2.23 bits per heavy atom.